The van der Waals surface area contributed by atoms with Gasteiger partial charge in [-0.3, -0.25) is 4.79 Å². The van der Waals surface area contributed by atoms with Crippen LogP contribution in [0.5, 0.6) is 0 Å². The number of aromatic nitrogens is 2. The molecule has 9 heteroatoms. The second-order valence-electron chi connectivity index (χ2n) is 11.1. The molecule has 0 bridgehead atoms. The van der Waals surface area contributed by atoms with Crippen molar-refractivity contribution in [3.8, 4) is 0 Å². The number of benzene rings is 3. The molecular weight excluding hydrogens is 539 g/mol. The summed E-state index contributed by atoms with van der Waals surface area (Å²) in [6, 6.07) is 19.0. The van der Waals surface area contributed by atoms with Crippen LogP contribution in [0, 0.1) is 18.7 Å². The lowest BCUT2D eigenvalue weighted by molar-refractivity contribution is -0.120. The number of anilines is 1. The Balaban J connectivity index is 1.32. The summed E-state index contributed by atoms with van der Waals surface area (Å²) in [5.74, 6) is -0.163. The zero-order valence-corrected chi connectivity index (χ0v) is 23.9. The Morgan fingerprint density at radius 2 is 1.93 bits per heavy atom. The van der Waals surface area contributed by atoms with Gasteiger partial charge in [-0.2, -0.15) is 0 Å². The standard InChI is InChI=1S/C32H33FN4O3S/c1-21-7-5-9-24(17-21)41(39,40)35-30-12-6-8-22-13-14-23(18-26(22)30)37(20-31-34-15-16-36(31)2)32(38)28-19-27(28)25-10-3-4-11-29(25)33/h3-5,7,9-11,13-18,27-28,30,35H,6,8,12,19-20H2,1-2H3/t27-,28+,30-/m0/s1. The monoisotopic (exact) mass is 572 g/mol. The number of halogens is 1. The first-order chi connectivity index (χ1) is 19.7. The van der Waals surface area contributed by atoms with E-state index < -0.39 is 16.1 Å². The van der Waals surface area contributed by atoms with Gasteiger partial charge in [0.1, 0.15) is 11.6 Å². The Bertz CT molecular complexity index is 1720. The molecule has 1 aromatic heterocycles. The topological polar surface area (TPSA) is 84.3 Å². The molecule has 0 saturated heterocycles. The van der Waals surface area contributed by atoms with Gasteiger partial charge in [-0.1, -0.05) is 36.4 Å². The van der Waals surface area contributed by atoms with E-state index in [1.165, 1.54) is 6.07 Å². The largest absolute Gasteiger partial charge is 0.337 e. The van der Waals surface area contributed by atoms with E-state index in [2.05, 4.69) is 9.71 Å². The highest BCUT2D eigenvalue weighted by Gasteiger charge is 2.47. The third-order valence-corrected chi connectivity index (χ3v) is 9.72. The van der Waals surface area contributed by atoms with Crippen LogP contribution in [0.2, 0.25) is 0 Å². The van der Waals surface area contributed by atoms with E-state index >= 15 is 0 Å². The lowest BCUT2D eigenvalue weighted by Crippen LogP contribution is -2.34. The van der Waals surface area contributed by atoms with Crippen LogP contribution in [0.15, 0.2) is 84.0 Å². The first-order valence-corrected chi connectivity index (χ1v) is 15.4. The lowest BCUT2D eigenvalue weighted by Gasteiger charge is -2.29. The number of sulfonamides is 1. The fourth-order valence-corrected chi connectivity index (χ4v) is 7.24. The van der Waals surface area contributed by atoms with E-state index in [4.69, 9.17) is 0 Å². The average molecular weight is 573 g/mol. The Hall–Kier alpha value is -3.82. The van der Waals surface area contributed by atoms with Gasteiger partial charge in [0.15, 0.2) is 0 Å². The maximum absolute atomic E-state index is 14.5. The molecule has 3 aromatic carbocycles. The molecule has 1 amide bonds. The van der Waals surface area contributed by atoms with E-state index in [1.54, 1.807) is 47.5 Å². The lowest BCUT2D eigenvalue weighted by atomic mass is 9.87. The van der Waals surface area contributed by atoms with Gasteiger partial charge in [-0.25, -0.2) is 22.5 Å². The van der Waals surface area contributed by atoms with E-state index in [0.717, 1.165) is 35.4 Å². The van der Waals surface area contributed by atoms with Crippen LogP contribution in [0.1, 0.15) is 59.3 Å². The average Bonchev–Trinajstić information content (AvgIpc) is 3.65. The van der Waals surface area contributed by atoms with Crippen molar-refractivity contribution in [3.05, 3.63) is 113 Å². The smallest absolute Gasteiger partial charge is 0.241 e. The predicted octanol–water partition coefficient (Wildman–Crippen LogP) is 5.56. The minimum atomic E-state index is -3.75. The number of nitrogens with zero attached hydrogens (tertiary/aromatic N) is 3. The van der Waals surface area contributed by atoms with Gasteiger partial charge < -0.3 is 9.47 Å². The molecule has 2 aliphatic rings. The van der Waals surface area contributed by atoms with Crippen molar-refractivity contribution in [2.45, 2.75) is 56.0 Å². The molecule has 0 aliphatic heterocycles. The second kappa shape index (κ2) is 10.9. The zero-order valence-electron chi connectivity index (χ0n) is 23.1. The van der Waals surface area contributed by atoms with E-state index in [-0.39, 0.29) is 35.0 Å². The number of carbonyl (C=O) groups is 1. The summed E-state index contributed by atoms with van der Waals surface area (Å²) in [7, 11) is -1.86. The van der Waals surface area contributed by atoms with Gasteiger partial charge in [0.25, 0.3) is 0 Å². The molecule has 1 heterocycles. The fraction of sp³-hybridized carbons (Fsp3) is 0.312. The minimum absolute atomic E-state index is 0.0890. The van der Waals surface area contributed by atoms with Crippen molar-refractivity contribution in [1.29, 1.82) is 0 Å². The maximum Gasteiger partial charge on any atom is 0.241 e. The van der Waals surface area contributed by atoms with Gasteiger partial charge in [-0.05, 0) is 91.1 Å². The summed E-state index contributed by atoms with van der Waals surface area (Å²) in [6.45, 7) is 2.12. The number of rotatable bonds is 8. The van der Waals surface area contributed by atoms with Crippen LogP contribution >= 0.6 is 0 Å². The molecule has 1 saturated carbocycles. The van der Waals surface area contributed by atoms with Gasteiger partial charge in [-0.15, -0.1) is 0 Å². The highest BCUT2D eigenvalue weighted by atomic mass is 32.2. The zero-order chi connectivity index (χ0) is 28.7. The number of nitrogens with one attached hydrogen (secondary N) is 1. The Labute approximate surface area is 240 Å². The first-order valence-electron chi connectivity index (χ1n) is 13.9. The molecular formula is C32H33FN4O3S. The molecule has 41 heavy (non-hydrogen) atoms. The van der Waals surface area contributed by atoms with E-state index in [0.29, 0.717) is 24.1 Å². The normalized spacial score (nSPS) is 19.9. The maximum atomic E-state index is 14.5. The van der Waals surface area contributed by atoms with Crippen molar-refractivity contribution < 1.29 is 17.6 Å². The van der Waals surface area contributed by atoms with Crippen molar-refractivity contribution in [3.63, 3.8) is 0 Å². The molecule has 7 nitrogen and oxygen atoms in total. The minimum Gasteiger partial charge on any atom is -0.337 e. The molecule has 0 spiro atoms. The number of aryl methyl sites for hydroxylation is 3. The summed E-state index contributed by atoms with van der Waals surface area (Å²) in [5, 5.41) is 0. The summed E-state index contributed by atoms with van der Waals surface area (Å²) in [4.78, 5) is 20.4. The summed E-state index contributed by atoms with van der Waals surface area (Å²) in [6.07, 6.45) is 6.47. The Morgan fingerprint density at radius 1 is 1.10 bits per heavy atom. The van der Waals surface area contributed by atoms with E-state index in [1.807, 2.05) is 49.0 Å². The number of hydrogen-bond donors (Lipinski definition) is 1. The molecule has 0 unspecified atom stereocenters. The van der Waals surface area contributed by atoms with Crippen molar-refractivity contribution in [2.24, 2.45) is 13.0 Å². The number of imidazole rings is 1. The number of fused-ring (bicyclic) bond motifs is 1. The number of hydrogen-bond acceptors (Lipinski definition) is 4. The third-order valence-electron chi connectivity index (χ3n) is 8.25. The molecule has 3 atom stereocenters. The van der Waals surface area contributed by atoms with Crippen molar-refractivity contribution in [1.82, 2.24) is 14.3 Å². The second-order valence-corrected chi connectivity index (χ2v) is 12.8. The predicted molar refractivity (Wildman–Crippen MR) is 155 cm³/mol. The summed E-state index contributed by atoms with van der Waals surface area (Å²) >= 11 is 0. The first kappa shape index (κ1) is 27.4. The summed E-state index contributed by atoms with van der Waals surface area (Å²) in [5.41, 5.74) is 4.06. The van der Waals surface area contributed by atoms with Crippen molar-refractivity contribution in [2.75, 3.05) is 4.90 Å². The van der Waals surface area contributed by atoms with Crippen LogP contribution in [0.3, 0.4) is 0 Å². The van der Waals surface area contributed by atoms with Crippen LogP contribution in [0.4, 0.5) is 10.1 Å². The van der Waals surface area contributed by atoms with Crippen LogP contribution < -0.4 is 9.62 Å². The fourth-order valence-electron chi connectivity index (χ4n) is 5.89. The highest BCUT2D eigenvalue weighted by Crippen LogP contribution is 2.50. The van der Waals surface area contributed by atoms with Gasteiger partial charge >= 0.3 is 0 Å². The Kier molecular flexibility index (Phi) is 7.25. The van der Waals surface area contributed by atoms with Crippen molar-refractivity contribution >= 4 is 21.6 Å². The SMILES string of the molecule is Cc1cccc(S(=O)(=O)N[C@H]2CCCc3ccc(N(Cc4nccn4C)C(=O)[C@@H]4C[C@H]4c4ccccc4F)cc32)c1. The van der Waals surface area contributed by atoms with Gasteiger partial charge in [0.05, 0.1) is 11.4 Å². The quantitative estimate of drug-likeness (QED) is 0.300. The van der Waals surface area contributed by atoms with Crippen LogP contribution in [-0.2, 0) is 34.8 Å². The molecule has 6 rings (SSSR count). The Morgan fingerprint density at radius 3 is 2.68 bits per heavy atom. The molecule has 2 aliphatic carbocycles. The van der Waals surface area contributed by atoms with Crippen LogP contribution in [-0.4, -0.2) is 23.9 Å². The molecule has 0 radical (unpaired) electrons. The molecule has 1 fully saturated rings. The number of amides is 1. The van der Waals surface area contributed by atoms with Gasteiger partial charge in [0, 0.05) is 37.1 Å². The molecule has 212 valence electrons. The summed E-state index contributed by atoms with van der Waals surface area (Å²) < 4.78 is 46.0. The third kappa shape index (κ3) is 5.56. The highest BCUT2D eigenvalue weighted by molar-refractivity contribution is 7.89. The molecule has 4 aromatic rings. The van der Waals surface area contributed by atoms with Gasteiger partial charge in [0.2, 0.25) is 15.9 Å². The molecule has 1 N–H and O–H groups in total. The van der Waals surface area contributed by atoms with E-state index in [9.17, 15) is 17.6 Å². The number of carbonyl (C=O) groups excluding carboxylic acids is 1. The van der Waals surface area contributed by atoms with Crippen LogP contribution in [0.25, 0.3) is 0 Å².